The summed E-state index contributed by atoms with van der Waals surface area (Å²) in [7, 11) is 0. The van der Waals surface area contributed by atoms with Crippen LogP contribution in [0, 0.1) is 0 Å². The Balaban J connectivity index is 2.06. The van der Waals surface area contributed by atoms with Crippen LogP contribution in [-0.4, -0.2) is 68.2 Å². The molecule has 29 heavy (non-hydrogen) atoms. The second-order valence-electron chi connectivity index (χ2n) is 8.09. The number of ether oxygens (including phenoxy) is 1. The van der Waals surface area contributed by atoms with Crippen LogP contribution >= 0.6 is 11.6 Å². The summed E-state index contributed by atoms with van der Waals surface area (Å²) < 4.78 is 5.51. The van der Waals surface area contributed by atoms with E-state index in [9.17, 15) is 4.79 Å². The van der Waals surface area contributed by atoms with Crippen molar-refractivity contribution in [1.29, 1.82) is 0 Å². The minimum atomic E-state index is -0.269. The number of halogens is 1. The largest absolute Gasteiger partial charge is 0.379 e. The summed E-state index contributed by atoms with van der Waals surface area (Å²) >= 11 is 6.07. The van der Waals surface area contributed by atoms with E-state index in [1.165, 1.54) is 5.56 Å². The van der Waals surface area contributed by atoms with Crippen molar-refractivity contribution in [2.45, 2.75) is 39.3 Å². The Morgan fingerprint density at radius 3 is 2.45 bits per heavy atom. The van der Waals surface area contributed by atoms with Crippen LogP contribution in [0.2, 0.25) is 5.02 Å². The van der Waals surface area contributed by atoms with Gasteiger partial charge in [-0.05, 0) is 45.4 Å². The summed E-state index contributed by atoms with van der Waals surface area (Å²) in [5.74, 6) is 0.529. The molecule has 0 bridgehead atoms. The van der Waals surface area contributed by atoms with Gasteiger partial charge in [-0.25, -0.2) is 4.99 Å². The van der Waals surface area contributed by atoms with Crippen molar-refractivity contribution in [2.75, 3.05) is 45.9 Å². The summed E-state index contributed by atoms with van der Waals surface area (Å²) in [6, 6.07) is 8.11. The number of rotatable bonds is 7. The fraction of sp³-hybridized carbons (Fsp3) is 0.619. The SMILES string of the molecule is CCNC(=NCC(=O)NC(C)(C)C)NCC(c1ccc(Cl)cc1)N1CCOCC1. The van der Waals surface area contributed by atoms with Gasteiger partial charge < -0.3 is 20.7 Å². The summed E-state index contributed by atoms with van der Waals surface area (Å²) in [6.45, 7) is 12.5. The van der Waals surface area contributed by atoms with Crippen LogP contribution in [0.1, 0.15) is 39.3 Å². The zero-order valence-corrected chi connectivity index (χ0v) is 18.7. The van der Waals surface area contributed by atoms with E-state index < -0.39 is 0 Å². The average Bonchev–Trinajstić information content (AvgIpc) is 2.67. The Morgan fingerprint density at radius 1 is 1.21 bits per heavy atom. The molecule has 0 spiro atoms. The molecule has 8 heteroatoms. The molecule has 1 aliphatic heterocycles. The Labute approximate surface area is 179 Å². The van der Waals surface area contributed by atoms with Crippen LogP contribution in [-0.2, 0) is 9.53 Å². The molecular weight excluding hydrogens is 390 g/mol. The van der Waals surface area contributed by atoms with Crippen molar-refractivity contribution in [1.82, 2.24) is 20.9 Å². The second-order valence-corrected chi connectivity index (χ2v) is 8.53. The summed E-state index contributed by atoms with van der Waals surface area (Å²) in [6.07, 6.45) is 0. The lowest BCUT2D eigenvalue weighted by molar-refractivity contribution is -0.121. The van der Waals surface area contributed by atoms with Crippen molar-refractivity contribution >= 4 is 23.5 Å². The Kier molecular flexibility index (Phi) is 9.20. The highest BCUT2D eigenvalue weighted by Gasteiger charge is 2.23. The van der Waals surface area contributed by atoms with E-state index in [0.717, 1.165) is 37.9 Å². The van der Waals surface area contributed by atoms with Crippen molar-refractivity contribution in [3.05, 3.63) is 34.9 Å². The number of amides is 1. The maximum Gasteiger partial charge on any atom is 0.242 e. The van der Waals surface area contributed by atoms with Gasteiger partial charge in [-0.2, -0.15) is 0 Å². The fourth-order valence-electron chi connectivity index (χ4n) is 3.18. The highest BCUT2D eigenvalue weighted by molar-refractivity contribution is 6.30. The number of benzene rings is 1. The molecule has 0 aliphatic carbocycles. The van der Waals surface area contributed by atoms with Gasteiger partial charge in [-0.3, -0.25) is 9.69 Å². The molecule has 3 N–H and O–H groups in total. The fourth-order valence-corrected chi connectivity index (χ4v) is 3.30. The lowest BCUT2D eigenvalue weighted by atomic mass is 10.0. The van der Waals surface area contributed by atoms with Gasteiger partial charge >= 0.3 is 0 Å². The van der Waals surface area contributed by atoms with Gasteiger partial charge in [0.1, 0.15) is 6.54 Å². The molecule has 1 fully saturated rings. The van der Waals surface area contributed by atoms with Gasteiger partial charge in [-0.15, -0.1) is 0 Å². The summed E-state index contributed by atoms with van der Waals surface area (Å²) in [5.41, 5.74) is 0.916. The van der Waals surface area contributed by atoms with E-state index in [1.807, 2.05) is 39.8 Å². The average molecular weight is 424 g/mol. The lowest BCUT2D eigenvalue weighted by Gasteiger charge is -2.35. The molecule has 1 atom stereocenters. The molecule has 1 heterocycles. The predicted octanol–water partition coefficient (Wildman–Crippen LogP) is 2.18. The molecule has 7 nitrogen and oxygen atoms in total. The Hall–Kier alpha value is -1.83. The molecule has 1 unspecified atom stereocenters. The number of nitrogens with zero attached hydrogens (tertiary/aromatic N) is 2. The molecule has 1 aliphatic rings. The van der Waals surface area contributed by atoms with Gasteiger partial charge in [0, 0.05) is 36.7 Å². The smallest absolute Gasteiger partial charge is 0.242 e. The van der Waals surface area contributed by atoms with Gasteiger partial charge in [0.25, 0.3) is 0 Å². The number of carbonyl (C=O) groups is 1. The first-order valence-electron chi connectivity index (χ1n) is 10.2. The third-order valence-corrected chi connectivity index (χ3v) is 4.70. The van der Waals surface area contributed by atoms with Crippen LogP contribution < -0.4 is 16.0 Å². The van der Waals surface area contributed by atoms with E-state index in [1.54, 1.807) is 0 Å². The first kappa shape index (κ1) is 23.4. The zero-order valence-electron chi connectivity index (χ0n) is 17.9. The van der Waals surface area contributed by atoms with Crippen molar-refractivity contribution in [3.8, 4) is 0 Å². The monoisotopic (exact) mass is 423 g/mol. The van der Waals surface area contributed by atoms with E-state index in [-0.39, 0.29) is 24.0 Å². The molecule has 0 saturated carbocycles. The number of aliphatic imine (C=N–C) groups is 1. The van der Waals surface area contributed by atoms with Gasteiger partial charge in [0.2, 0.25) is 5.91 Å². The standard InChI is InChI=1S/C21H34ClN5O2/c1-5-23-20(25-15-19(28)26-21(2,3)4)24-14-18(27-10-12-29-13-11-27)16-6-8-17(22)9-7-16/h6-9,18H,5,10-15H2,1-4H3,(H,26,28)(H2,23,24,25). The Morgan fingerprint density at radius 2 is 1.86 bits per heavy atom. The first-order valence-corrected chi connectivity index (χ1v) is 10.6. The van der Waals surface area contributed by atoms with Crippen molar-refractivity contribution in [2.24, 2.45) is 4.99 Å². The van der Waals surface area contributed by atoms with Gasteiger partial charge in [0.15, 0.2) is 5.96 Å². The minimum absolute atomic E-state index is 0.0791. The first-order chi connectivity index (χ1) is 13.8. The van der Waals surface area contributed by atoms with Crippen LogP contribution in [0.4, 0.5) is 0 Å². The van der Waals surface area contributed by atoms with Crippen LogP contribution in [0.3, 0.4) is 0 Å². The Bertz CT molecular complexity index is 667. The molecule has 1 aromatic carbocycles. The molecule has 1 amide bonds. The molecule has 1 aromatic rings. The number of carbonyl (C=O) groups excluding carboxylic acids is 1. The van der Waals surface area contributed by atoms with Crippen LogP contribution in [0.15, 0.2) is 29.3 Å². The van der Waals surface area contributed by atoms with Gasteiger partial charge in [0.05, 0.1) is 19.3 Å². The van der Waals surface area contributed by atoms with E-state index >= 15 is 0 Å². The van der Waals surface area contributed by atoms with E-state index in [2.05, 4.69) is 38.0 Å². The maximum atomic E-state index is 12.1. The van der Waals surface area contributed by atoms with Crippen molar-refractivity contribution in [3.63, 3.8) is 0 Å². The third kappa shape index (κ3) is 8.60. The molecule has 0 aromatic heterocycles. The van der Waals surface area contributed by atoms with Gasteiger partial charge in [-0.1, -0.05) is 23.7 Å². The molecular formula is C21H34ClN5O2. The summed E-state index contributed by atoms with van der Waals surface area (Å²) in [5, 5.41) is 10.3. The van der Waals surface area contributed by atoms with Crippen LogP contribution in [0.5, 0.6) is 0 Å². The highest BCUT2D eigenvalue weighted by atomic mass is 35.5. The normalized spacial score (nSPS) is 16.9. The molecule has 0 radical (unpaired) electrons. The highest BCUT2D eigenvalue weighted by Crippen LogP contribution is 2.23. The van der Waals surface area contributed by atoms with Crippen molar-refractivity contribution < 1.29 is 9.53 Å². The zero-order chi connectivity index (χ0) is 21.3. The lowest BCUT2D eigenvalue weighted by Crippen LogP contribution is -2.47. The second kappa shape index (κ2) is 11.4. The maximum absolute atomic E-state index is 12.1. The number of nitrogens with one attached hydrogen (secondary N) is 3. The van der Waals surface area contributed by atoms with E-state index in [0.29, 0.717) is 12.5 Å². The predicted molar refractivity (Wildman–Crippen MR) is 118 cm³/mol. The quantitative estimate of drug-likeness (QED) is 0.463. The van der Waals surface area contributed by atoms with E-state index in [4.69, 9.17) is 16.3 Å². The molecule has 1 saturated heterocycles. The number of hydrogen-bond donors (Lipinski definition) is 3. The molecule has 162 valence electrons. The number of hydrogen-bond acceptors (Lipinski definition) is 4. The topological polar surface area (TPSA) is 78.0 Å². The summed E-state index contributed by atoms with van der Waals surface area (Å²) in [4.78, 5) is 18.9. The van der Waals surface area contributed by atoms with Crippen LogP contribution in [0.25, 0.3) is 0 Å². The third-order valence-electron chi connectivity index (χ3n) is 4.44. The number of morpholine rings is 1. The minimum Gasteiger partial charge on any atom is -0.379 e. The number of guanidine groups is 1. The molecule has 2 rings (SSSR count).